The molecule has 1 saturated carbocycles. The summed E-state index contributed by atoms with van der Waals surface area (Å²) in [4.78, 5) is 13.3. The normalized spacial score (nSPS) is 41.7. The van der Waals surface area contributed by atoms with Crippen LogP contribution in [-0.4, -0.2) is 52.2 Å². The third-order valence-corrected chi connectivity index (χ3v) is 3.00. The summed E-state index contributed by atoms with van der Waals surface area (Å²) in [5, 5.41) is 18.6. The van der Waals surface area contributed by atoms with Gasteiger partial charge >= 0.3 is 0 Å². The van der Waals surface area contributed by atoms with Gasteiger partial charge in [0, 0.05) is 19.5 Å². The molecule has 0 amide bonds. The van der Waals surface area contributed by atoms with Gasteiger partial charge in [0.2, 0.25) is 0 Å². The van der Waals surface area contributed by atoms with Crippen LogP contribution in [-0.2, 0) is 4.79 Å². The molecule has 3 unspecified atom stereocenters. The minimum atomic E-state index is -0.673. The van der Waals surface area contributed by atoms with Gasteiger partial charge < -0.3 is 10.2 Å². The van der Waals surface area contributed by atoms with Crippen LogP contribution in [0.4, 0.5) is 0 Å². The number of Topliss-reactive ketones (excluding diaryl/α,β-unsaturated/α-hetero) is 1. The number of carbonyl (C=O) groups is 1. The summed E-state index contributed by atoms with van der Waals surface area (Å²) in [6, 6.07) is -0.0354. The molecule has 1 aliphatic carbocycles. The molecule has 1 saturated heterocycles. The molecule has 1 aliphatic heterocycles. The van der Waals surface area contributed by atoms with Crippen molar-refractivity contribution in [1.29, 1.82) is 0 Å². The Morgan fingerprint density at radius 2 is 1.85 bits per heavy atom. The van der Waals surface area contributed by atoms with Crippen molar-refractivity contribution >= 4 is 5.78 Å². The summed E-state index contributed by atoms with van der Waals surface area (Å²) in [6.45, 7) is 0.884. The van der Waals surface area contributed by atoms with Crippen LogP contribution < -0.4 is 0 Å². The Bertz CT molecular complexity index is 209. The van der Waals surface area contributed by atoms with Crippen molar-refractivity contribution in [2.75, 3.05) is 13.1 Å². The zero-order valence-corrected chi connectivity index (χ0v) is 7.52. The van der Waals surface area contributed by atoms with Crippen LogP contribution in [0.25, 0.3) is 0 Å². The van der Waals surface area contributed by atoms with E-state index >= 15 is 0 Å². The molecule has 1 heterocycles. The first-order valence-corrected chi connectivity index (χ1v) is 4.81. The molecule has 0 aromatic carbocycles. The lowest BCUT2D eigenvalue weighted by atomic mass is 10.2. The van der Waals surface area contributed by atoms with Crippen molar-refractivity contribution in [2.45, 2.75) is 37.5 Å². The molecule has 74 valence electrons. The summed E-state index contributed by atoms with van der Waals surface area (Å²) in [7, 11) is 0. The summed E-state index contributed by atoms with van der Waals surface area (Å²) < 4.78 is 0. The van der Waals surface area contributed by atoms with Gasteiger partial charge in [0.15, 0.2) is 0 Å². The second kappa shape index (κ2) is 3.36. The van der Waals surface area contributed by atoms with Crippen molar-refractivity contribution in [3.63, 3.8) is 0 Å². The zero-order chi connectivity index (χ0) is 9.42. The Morgan fingerprint density at radius 1 is 1.23 bits per heavy atom. The third-order valence-electron chi connectivity index (χ3n) is 3.00. The van der Waals surface area contributed by atoms with E-state index < -0.39 is 12.2 Å². The van der Waals surface area contributed by atoms with Crippen LogP contribution in [0, 0.1) is 0 Å². The molecule has 0 aromatic rings. The van der Waals surface area contributed by atoms with E-state index in [1.807, 2.05) is 4.90 Å². The van der Waals surface area contributed by atoms with Gasteiger partial charge in [-0.2, -0.15) is 0 Å². The highest BCUT2D eigenvalue weighted by Crippen LogP contribution is 2.24. The minimum absolute atomic E-state index is 0.0354. The van der Waals surface area contributed by atoms with Crippen molar-refractivity contribution in [3.05, 3.63) is 0 Å². The van der Waals surface area contributed by atoms with Crippen LogP contribution in [0.2, 0.25) is 0 Å². The third kappa shape index (κ3) is 1.61. The lowest BCUT2D eigenvalue weighted by Crippen LogP contribution is -2.37. The Balaban J connectivity index is 1.98. The number of aliphatic hydroxyl groups is 2. The first-order valence-electron chi connectivity index (χ1n) is 4.81. The van der Waals surface area contributed by atoms with Gasteiger partial charge in [-0.1, -0.05) is 0 Å². The van der Waals surface area contributed by atoms with E-state index in [-0.39, 0.29) is 11.8 Å². The number of carbonyl (C=O) groups excluding carboxylic acids is 1. The number of hydrogen-bond acceptors (Lipinski definition) is 4. The van der Waals surface area contributed by atoms with Crippen LogP contribution in [0.3, 0.4) is 0 Å². The highest BCUT2D eigenvalue weighted by molar-refractivity contribution is 5.85. The first kappa shape index (κ1) is 9.12. The van der Waals surface area contributed by atoms with Gasteiger partial charge in [-0.3, -0.25) is 9.69 Å². The summed E-state index contributed by atoms with van der Waals surface area (Å²) in [6.07, 6.45) is 1.15. The molecular formula is C9H15NO3. The number of hydrogen-bond donors (Lipinski definition) is 2. The van der Waals surface area contributed by atoms with Gasteiger partial charge in [0.05, 0.1) is 18.2 Å². The van der Waals surface area contributed by atoms with E-state index in [0.29, 0.717) is 19.5 Å². The highest BCUT2D eigenvalue weighted by Gasteiger charge is 2.38. The first-order chi connectivity index (χ1) is 6.18. The van der Waals surface area contributed by atoms with E-state index in [2.05, 4.69) is 0 Å². The molecule has 4 nitrogen and oxygen atoms in total. The fourth-order valence-electron chi connectivity index (χ4n) is 2.24. The maximum absolute atomic E-state index is 11.4. The van der Waals surface area contributed by atoms with E-state index in [1.165, 1.54) is 0 Å². The Kier molecular flexibility index (Phi) is 2.36. The van der Waals surface area contributed by atoms with E-state index in [4.69, 9.17) is 0 Å². The molecule has 2 aliphatic rings. The molecule has 0 radical (unpaired) electrons. The molecule has 13 heavy (non-hydrogen) atoms. The summed E-state index contributed by atoms with van der Waals surface area (Å²) >= 11 is 0. The topological polar surface area (TPSA) is 60.8 Å². The van der Waals surface area contributed by atoms with Crippen molar-refractivity contribution in [2.24, 2.45) is 0 Å². The summed E-state index contributed by atoms with van der Waals surface area (Å²) in [5.41, 5.74) is 0. The lowest BCUT2D eigenvalue weighted by molar-refractivity contribution is -0.121. The number of aliphatic hydroxyl groups excluding tert-OH is 2. The zero-order valence-electron chi connectivity index (χ0n) is 7.52. The Labute approximate surface area is 77.2 Å². The lowest BCUT2D eigenvalue weighted by Gasteiger charge is -2.21. The predicted octanol–water partition coefficient (Wildman–Crippen LogP) is -0.855. The molecule has 0 aromatic heterocycles. The maximum atomic E-state index is 11.4. The maximum Gasteiger partial charge on any atom is 0.149 e. The number of β-amino-alcohol motifs (C(OH)–C–C–N with tert-alkyl or cyclic N) is 2. The SMILES string of the molecule is O=C1CCCC1N1CC(O)C(O)C1. The van der Waals surface area contributed by atoms with Crippen LogP contribution >= 0.6 is 0 Å². The van der Waals surface area contributed by atoms with Gasteiger partial charge in [-0.15, -0.1) is 0 Å². The Morgan fingerprint density at radius 3 is 2.31 bits per heavy atom. The van der Waals surface area contributed by atoms with Gasteiger partial charge in [-0.25, -0.2) is 0 Å². The molecule has 0 spiro atoms. The minimum Gasteiger partial charge on any atom is -0.389 e. The van der Waals surface area contributed by atoms with Crippen molar-refractivity contribution in [1.82, 2.24) is 4.90 Å². The van der Waals surface area contributed by atoms with Crippen LogP contribution in [0.15, 0.2) is 0 Å². The highest BCUT2D eigenvalue weighted by atomic mass is 16.3. The average molecular weight is 185 g/mol. The average Bonchev–Trinajstić information content (AvgIpc) is 2.60. The van der Waals surface area contributed by atoms with Crippen molar-refractivity contribution < 1.29 is 15.0 Å². The fraction of sp³-hybridized carbons (Fsp3) is 0.889. The smallest absolute Gasteiger partial charge is 0.149 e. The van der Waals surface area contributed by atoms with Crippen LogP contribution in [0.5, 0.6) is 0 Å². The van der Waals surface area contributed by atoms with Gasteiger partial charge in [-0.05, 0) is 12.8 Å². The standard InChI is InChI=1S/C9H15NO3/c11-7-3-1-2-6(7)10-4-8(12)9(13)5-10/h6,8-9,12-13H,1-5H2. The molecule has 0 bridgehead atoms. The Hall–Kier alpha value is -0.450. The van der Waals surface area contributed by atoms with Crippen LogP contribution in [0.1, 0.15) is 19.3 Å². The van der Waals surface area contributed by atoms with Crippen molar-refractivity contribution in [3.8, 4) is 0 Å². The largest absolute Gasteiger partial charge is 0.389 e. The van der Waals surface area contributed by atoms with E-state index in [9.17, 15) is 15.0 Å². The molecule has 2 N–H and O–H groups in total. The van der Waals surface area contributed by atoms with E-state index in [0.717, 1.165) is 12.8 Å². The molecular weight excluding hydrogens is 170 g/mol. The summed E-state index contributed by atoms with van der Waals surface area (Å²) in [5.74, 6) is 0.265. The molecule has 3 atom stereocenters. The predicted molar refractivity (Wildman–Crippen MR) is 46.2 cm³/mol. The second-order valence-electron chi connectivity index (χ2n) is 3.96. The quantitative estimate of drug-likeness (QED) is 0.558. The number of nitrogens with zero attached hydrogens (tertiary/aromatic N) is 1. The van der Waals surface area contributed by atoms with Gasteiger partial charge in [0.1, 0.15) is 5.78 Å². The number of ketones is 1. The monoisotopic (exact) mass is 185 g/mol. The second-order valence-corrected chi connectivity index (χ2v) is 3.96. The molecule has 4 heteroatoms. The molecule has 2 fully saturated rings. The fourth-order valence-corrected chi connectivity index (χ4v) is 2.24. The van der Waals surface area contributed by atoms with E-state index in [1.54, 1.807) is 0 Å². The van der Waals surface area contributed by atoms with Gasteiger partial charge in [0.25, 0.3) is 0 Å². The number of likely N-dealkylation sites (tertiary alicyclic amines) is 1. The number of rotatable bonds is 1. The molecule has 2 rings (SSSR count).